The van der Waals surface area contributed by atoms with Gasteiger partial charge in [0.05, 0.1) is 11.8 Å². The van der Waals surface area contributed by atoms with Crippen molar-refractivity contribution < 1.29 is 4.74 Å². The van der Waals surface area contributed by atoms with Crippen LogP contribution in [-0.4, -0.2) is 17.5 Å². The van der Waals surface area contributed by atoms with E-state index in [4.69, 9.17) is 9.84 Å². The van der Waals surface area contributed by atoms with E-state index in [1.54, 1.807) is 0 Å². The summed E-state index contributed by atoms with van der Waals surface area (Å²) in [6.45, 7) is 0.540. The summed E-state index contributed by atoms with van der Waals surface area (Å²) in [5.41, 5.74) is 3.59. The zero-order valence-electron chi connectivity index (χ0n) is 10.5. The van der Waals surface area contributed by atoms with E-state index in [-0.39, 0.29) is 0 Å². The lowest BCUT2D eigenvalue weighted by molar-refractivity contribution is 0.0750. The van der Waals surface area contributed by atoms with Gasteiger partial charge in [0.15, 0.2) is 6.73 Å². The molecule has 0 saturated carbocycles. The van der Waals surface area contributed by atoms with Crippen molar-refractivity contribution in [3.8, 4) is 5.75 Å². The van der Waals surface area contributed by atoms with Gasteiger partial charge >= 0.3 is 0 Å². The Morgan fingerprint density at radius 3 is 2.68 bits per heavy atom. The van der Waals surface area contributed by atoms with Crippen LogP contribution < -0.4 is 4.74 Å². The van der Waals surface area contributed by atoms with Crippen LogP contribution in [-0.2, 0) is 0 Å². The fourth-order valence-corrected chi connectivity index (χ4v) is 2.77. The number of hydrogen-bond donors (Lipinski definition) is 0. The normalized spacial score (nSPS) is 20.3. The molecule has 0 amide bonds. The van der Waals surface area contributed by atoms with Crippen LogP contribution in [0.15, 0.2) is 59.7 Å². The molecule has 2 heterocycles. The van der Waals surface area contributed by atoms with Crippen molar-refractivity contribution in [2.75, 3.05) is 6.73 Å². The van der Waals surface area contributed by atoms with Crippen LogP contribution in [0.5, 0.6) is 5.75 Å². The second kappa shape index (κ2) is 4.12. The molecule has 4 rings (SSSR count). The van der Waals surface area contributed by atoms with Gasteiger partial charge in [-0.3, -0.25) is 5.01 Å². The lowest BCUT2D eigenvalue weighted by Gasteiger charge is -2.30. The first-order valence-corrected chi connectivity index (χ1v) is 6.53. The monoisotopic (exact) mass is 250 g/mol. The number of ether oxygens (including phenoxy) is 1. The Balaban J connectivity index is 1.70. The zero-order valence-corrected chi connectivity index (χ0v) is 10.5. The summed E-state index contributed by atoms with van der Waals surface area (Å²) in [5, 5.41) is 6.75. The predicted molar refractivity (Wildman–Crippen MR) is 74.1 cm³/mol. The fourth-order valence-electron chi connectivity index (χ4n) is 2.77. The van der Waals surface area contributed by atoms with Crippen LogP contribution in [0.4, 0.5) is 0 Å². The topological polar surface area (TPSA) is 24.8 Å². The van der Waals surface area contributed by atoms with E-state index in [1.807, 2.05) is 23.2 Å². The zero-order chi connectivity index (χ0) is 12.7. The van der Waals surface area contributed by atoms with Gasteiger partial charge in [-0.25, -0.2) is 0 Å². The highest BCUT2D eigenvalue weighted by Crippen LogP contribution is 2.40. The van der Waals surface area contributed by atoms with E-state index in [1.165, 1.54) is 11.1 Å². The highest BCUT2D eigenvalue weighted by Gasteiger charge is 2.33. The van der Waals surface area contributed by atoms with Gasteiger partial charge in [-0.05, 0) is 11.6 Å². The van der Waals surface area contributed by atoms with Crippen LogP contribution in [0, 0.1) is 0 Å². The van der Waals surface area contributed by atoms with Crippen LogP contribution in [0.2, 0.25) is 0 Å². The number of hydrazone groups is 1. The van der Waals surface area contributed by atoms with Crippen molar-refractivity contribution in [3.63, 3.8) is 0 Å². The molecule has 0 fully saturated rings. The van der Waals surface area contributed by atoms with Crippen molar-refractivity contribution in [2.45, 2.75) is 12.5 Å². The first kappa shape index (κ1) is 10.6. The summed E-state index contributed by atoms with van der Waals surface area (Å²) < 4.78 is 5.74. The maximum absolute atomic E-state index is 5.74. The molecule has 19 heavy (non-hydrogen) atoms. The number of rotatable bonds is 1. The van der Waals surface area contributed by atoms with Gasteiger partial charge in [-0.15, -0.1) is 0 Å². The van der Waals surface area contributed by atoms with E-state index >= 15 is 0 Å². The van der Waals surface area contributed by atoms with Gasteiger partial charge < -0.3 is 4.74 Å². The fraction of sp³-hybridized carbons (Fsp3) is 0.188. The number of hydrogen-bond acceptors (Lipinski definition) is 3. The largest absolute Gasteiger partial charge is 0.471 e. The van der Waals surface area contributed by atoms with Gasteiger partial charge in [0.1, 0.15) is 5.75 Å². The molecule has 3 heteroatoms. The van der Waals surface area contributed by atoms with Crippen molar-refractivity contribution in [3.05, 3.63) is 65.7 Å². The molecule has 0 spiro atoms. The third-order valence-electron chi connectivity index (χ3n) is 3.73. The van der Waals surface area contributed by atoms with Crippen molar-refractivity contribution in [1.82, 2.24) is 5.01 Å². The molecule has 2 aromatic carbocycles. The van der Waals surface area contributed by atoms with Crippen LogP contribution >= 0.6 is 0 Å². The van der Waals surface area contributed by atoms with E-state index < -0.39 is 0 Å². The average molecular weight is 250 g/mol. The quantitative estimate of drug-likeness (QED) is 0.776. The van der Waals surface area contributed by atoms with Gasteiger partial charge in [0, 0.05) is 12.0 Å². The number of nitrogens with zero attached hydrogens (tertiary/aromatic N) is 2. The Kier molecular flexibility index (Phi) is 2.30. The minimum Gasteiger partial charge on any atom is -0.471 e. The Hall–Kier alpha value is -2.29. The first-order valence-electron chi connectivity index (χ1n) is 6.53. The molecule has 0 bridgehead atoms. The second-order valence-corrected chi connectivity index (χ2v) is 4.88. The average Bonchev–Trinajstić information content (AvgIpc) is 2.93. The Morgan fingerprint density at radius 1 is 1.00 bits per heavy atom. The van der Waals surface area contributed by atoms with Crippen LogP contribution in [0.25, 0.3) is 0 Å². The van der Waals surface area contributed by atoms with E-state index in [2.05, 4.69) is 36.4 Å². The summed E-state index contributed by atoms with van der Waals surface area (Å²) in [4.78, 5) is 0. The van der Waals surface area contributed by atoms with Crippen molar-refractivity contribution in [2.24, 2.45) is 5.10 Å². The van der Waals surface area contributed by atoms with Gasteiger partial charge in [0.25, 0.3) is 0 Å². The number of benzene rings is 2. The minimum absolute atomic E-state index is 0.320. The molecule has 0 radical (unpaired) electrons. The Bertz CT molecular complexity index is 636. The summed E-state index contributed by atoms with van der Waals surface area (Å²) in [5.74, 6) is 0.994. The maximum Gasteiger partial charge on any atom is 0.177 e. The van der Waals surface area contributed by atoms with Crippen LogP contribution in [0.3, 0.4) is 0 Å². The molecule has 0 aliphatic carbocycles. The third kappa shape index (κ3) is 1.70. The second-order valence-electron chi connectivity index (χ2n) is 4.88. The molecule has 94 valence electrons. The Morgan fingerprint density at radius 2 is 1.79 bits per heavy atom. The van der Waals surface area contributed by atoms with E-state index in [9.17, 15) is 0 Å². The minimum atomic E-state index is 0.320. The third-order valence-corrected chi connectivity index (χ3v) is 3.73. The molecule has 2 aliphatic heterocycles. The molecule has 0 aromatic heterocycles. The van der Waals surface area contributed by atoms with Gasteiger partial charge in [-0.2, -0.15) is 5.10 Å². The number of para-hydroxylation sites is 1. The molecule has 1 unspecified atom stereocenters. The highest BCUT2D eigenvalue weighted by molar-refractivity contribution is 6.01. The number of fused-ring (bicyclic) bond motifs is 3. The predicted octanol–water partition coefficient (Wildman–Crippen LogP) is 3.19. The smallest absolute Gasteiger partial charge is 0.177 e. The molecule has 1 atom stereocenters. The Labute approximate surface area is 112 Å². The SMILES string of the molecule is c1ccc(C2=NN3COc4ccccc4C3C2)cc1. The lowest BCUT2D eigenvalue weighted by atomic mass is 9.97. The molecule has 2 aromatic rings. The molecule has 3 nitrogen and oxygen atoms in total. The maximum atomic E-state index is 5.74. The summed E-state index contributed by atoms with van der Waals surface area (Å²) in [7, 11) is 0. The van der Waals surface area contributed by atoms with Gasteiger partial charge in [0.2, 0.25) is 0 Å². The molecular weight excluding hydrogens is 236 g/mol. The molecule has 0 saturated heterocycles. The summed E-state index contributed by atoms with van der Waals surface area (Å²) >= 11 is 0. The summed E-state index contributed by atoms with van der Waals surface area (Å²) in [6.07, 6.45) is 0.949. The van der Waals surface area contributed by atoms with E-state index in [0.717, 1.165) is 17.9 Å². The molecule has 2 aliphatic rings. The standard InChI is InChI=1S/C16H14N2O/c1-2-6-12(7-3-1)14-10-15-13-8-4-5-9-16(13)19-11-18(15)17-14/h1-9,15H,10-11H2. The summed E-state index contributed by atoms with van der Waals surface area (Å²) in [6, 6.07) is 18.9. The van der Waals surface area contributed by atoms with Crippen LogP contribution in [0.1, 0.15) is 23.6 Å². The van der Waals surface area contributed by atoms with Crippen molar-refractivity contribution >= 4 is 5.71 Å². The molecular formula is C16H14N2O. The first-order chi connectivity index (χ1) is 9.42. The molecule has 0 N–H and O–H groups in total. The van der Waals surface area contributed by atoms with Gasteiger partial charge in [-0.1, -0.05) is 48.5 Å². The van der Waals surface area contributed by atoms with E-state index in [0.29, 0.717) is 12.8 Å². The highest BCUT2D eigenvalue weighted by atomic mass is 16.5. The van der Waals surface area contributed by atoms with Crippen molar-refractivity contribution in [1.29, 1.82) is 0 Å². The lowest BCUT2D eigenvalue weighted by Crippen LogP contribution is -2.29.